The molecular weight excluding hydrogens is 330 g/mol. The van der Waals surface area contributed by atoms with Crippen molar-refractivity contribution < 1.29 is 9.26 Å². The minimum absolute atomic E-state index is 0.159. The standard InChI is InChI=1S/C19H27N5O2/c1-14(2)24-10-11-25-16(13-24)19-21-18(22-26-19)15-6-7-17(20-12-15)23-8-4-3-5-9-23/h6-7,12,14,16H,3-5,8-11,13H2,1-2H3. The Balaban J connectivity index is 1.45. The van der Waals surface area contributed by atoms with Gasteiger partial charge in [-0.25, -0.2) is 4.98 Å². The number of morpholine rings is 1. The van der Waals surface area contributed by atoms with Crippen LogP contribution in [0.2, 0.25) is 0 Å². The van der Waals surface area contributed by atoms with E-state index in [1.807, 2.05) is 18.3 Å². The Bertz CT molecular complexity index is 709. The number of anilines is 1. The first-order valence-electron chi connectivity index (χ1n) is 9.61. The Labute approximate surface area is 154 Å². The predicted molar refractivity (Wildman–Crippen MR) is 99.0 cm³/mol. The number of piperidine rings is 1. The van der Waals surface area contributed by atoms with Gasteiger partial charge in [0.1, 0.15) is 11.9 Å². The van der Waals surface area contributed by atoms with Gasteiger partial charge in [-0.1, -0.05) is 5.16 Å². The van der Waals surface area contributed by atoms with E-state index in [-0.39, 0.29) is 6.10 Å². The first-order chi connectivity index (χ1) is 12.7. The van der Waals surface area contributed by atoms with Crippen LogP contribution in [0.25, 0.3) is 11.4 Å². The van der Waals surface area contributed by atoms with Gasteiger partial charge >= 0.3 is 0 Å². The van der Waals surface area contributed by atoms with Crippen molar-refractivity contribution in [3.63, 3.8) is 0 Å². The molecule has 140 valence electrons. The zero-order chi connectivity index (χ0) is 17.9. The highest BCUT2D eigenvalue weighted by atomic mass is 16.5. The van der Waals surface area contributed by atoms with Crippen LogP contribution in [-0.2, 0) is 4.74 Å². The molecule has 26 heavy (non-hydrogen) atoms. The fourth-order valence-corrected chi connectivity index (χ4v) is 3.60. The molecule has 4 rings (SSSR count). The minimum Gasteiger partial charge on any atom is -0.366 e. The molecule has 2 aromatic heterocycles. The largest absolute Gasteiger partial charge is 0.366 e. The van der Waals surface area contributed by atoms with Crippen LogP contribution in [0, 0.1) is 0 Å². The van der Waals surface area contributed by atoms with Gasteiger partial charge in [0.25, 0.3) is 5.89 Å². The summed E-state index contributed by atoms with van der Waals surface area (Å²) in [7, 11) is 0. The van der Waals surface area contributed by atoms with E-state index in [0.29, 0.717) is 24.4 Å². The lowest BCUT2D eigenvalue weighted by atomic mass is 10.1. The summed E-state index contributed by atoms with van der Waals surface area (Å²) in [6.45, 7) is 8.97. The van der Waals surface area contributed by atoms with Crippen LogP contribution >= 0.6 is 0 Å². The second-order valence-corrected chi connectivity index (χ2v) is 7.36. The van der Waals surface area contributed by atoms with Crippen molar-refractivity contribution >= 4 is 5.82 Å². The maximum atomic E-state index is 5.83. The average Bonchev–Trinajstić information content (AvgIpc) is 3.19. The molecular formula is C19H27N5O2. The lowest BCUT2D eigenvalue weighted by Crippen LogP contribution is -2.42. The third-order valence-electron chi connectivity index (χ3n) is 5.23. The van der Waals surface area contributed by atoms with Crippen LogP contribution in [0.3, 0.4) is 0 Å². The van der Waals surface area contributed by atoms with Crippen molar-refractivity contribution in [2.75, 3.05) is 37.7 Å². The summed E-state index contributed by atoms with van der Waals surface area (Å²) in [5.74, 6) is 2.15. The molecule has 7 nitrogen and oxygen atoms in total. The highest BCUT2D eigenvalue weighted by Crippen LogP contribution is 2.25. The predicted octanol–water partition coefficient (Wildman–Crippen LogP) is 2.90. The van der Waals surface area contributed by atoms with Crippen molar-refractivity contribution in [1.29, 1.82) is 0 Å². The monoisotopic (exact) mass is 357 g/mol. The number of pyridine rings is 1. The van der Waals surface area contributed by atoms with Crippen molar-refractivity contribution in [1.82, 2.24) is 20.0 Å². The van der Waals surface area contributed by atoms with Gasteiger partial charge in [-0.3, -0.25) is 4.90 Å². The van der Waals surface area contributed by atoms with E-state index in [0.717, 1.165) is 37.6 Å². The van der Waals surface area contributed by atoms with Gasteiger partial charge in [-0.05, 0) is 45.2 Å². The van der Waals surface area contributed by atoms with Crippen molar-refractivity contribution in [2.24, 2.45) is 0 Å². The van der Waals surface area contributed by atoms with Gasteiger partial charge in [0.2, 0.25) is 5.82 Å². The number of hydrogen-bond donors (Lipinski definition) is 0. The third-order valence-corrected chi connectivity index (χ3v) is 5.23. The van der Waals surface area contributed by atoms with Gasteiger partial charge in [-0.15, -0.1) is 0 Å². The van der Waals surface area contributed by atoms with Gasteiger partial charge < -0.3 is 14.2 Å². The maximum Gasteiger partial charge on any atom is 0.257 e. The molecule has 7 heteroatoms. The van der Waals surface area contributed by atoms with E-state index in [1.165, 1.54) is 19.3 Å². The second kappa shape index (κ2) is 7.72. The van der Waals surface area contributed by atoms with Crippen LogP contribution in [0.1, 0.15) is 45.1 Å². The van der Waals surface area contributed by atoms with Crippen LogP contribution in [0.4, 0.5) is 5.82 Å². The molecule has 0 bridgehead atoms. The number of nitrogens with zero attached hydrogens (tertiary/aromatic N) is 5. The highest BCUT2D eigenvalue weighted by molar-refractivity contribution is 5.56. The summed E-state index contributed by atoms with van der Waals surface area (Å²) < 4.78 is 11.3. The Morgan fingerprint density at radius 3 is 2.69 bits per heavy atom. The summed E-state index contributed by atoms with van der Waals surface area (Å²) in [5, 5.41) is 4.14. The molecule has 0 aromatic carbocycles. The average molecular weight is 357 g/mol. The number of hydrogen-bond acceptors (Lipinski definition) is 7. The molecule has 2 saturated heterocycles. The van der Waals surface area contributed by atoms with E-state index in [9.17, 15) is 0 Å². The summed E-state index contributed by atoms with van der Waals surface area (Å²) in [5.41, 5.74) is 0.872. The molecule has 0 N–H and O–H groups in total. The van der Waals surface area contributed by atoms with Crippen molar-refractivity contribution in [2.45, 2.75) is 45.3 Å². The molecule has 0 aliphatic carbocycles. The van der Waals surface area contributed by atoms with E-state index in [2.05, 4.69) is 38.8 Å². The number of rotatable bonds is 4. The highest BCUT2D eigenvalue weighted by Gasteiger charge is 2.28. The molecule has 2 aliphatic heterocycles. The van der Waals surface area contributed by atoms with E-state index >= 15 is 0 Å². The molecule has 1 atom stereocenters. The SMILES string of the molecule is CC(C)N1CCOC(c2nc(-c3ccc(N4CCCCC4)nc3)no2)C1. The Hall–Kier alpha value is -1.99. The molecule has 2 fully saturated rings. The quantitative estimate of drug-likeness (QED) is 0.833. The zero-order valence-corrected chi connectivity index (χ0v) is 15.6. The van der Waals surface area contributed by atoms with E-state index in [1.54, 1.807) is 0 Å². The fraction of sp³-hybridized carbons (Fsp3) is 0.632. The van der Waals surface area contributed by atoms with Crippen LogP contribution in [0.15, 0.2) is 22.9 Å². The Kier molecular flexibility index (Phi) is 5.17. The number of aromatic nitrogens is 3. The zero-order valence-electron chi connectivity index (χ0n) is 15.6. The van der Waals surface area contributed by atoms with Crippen molar-refractivity contribution in [3.05, 3.63) is 24.2 Å². The third kappa shape index (κ3) is 3.73. The Morgan fingerprint density at radius 2 is 1.96 bits per heavy atom. The fourth-order valence-electron chi connectivity index (χ4n) is 3.60. The molecule has 1 unspecified atom stereocenters. The van der Waals surface area contributed by atoms with Gasteiger partial charge in [-0.2, -0.15) is 4.98 Å². The smallest absolute Gasteiger partial charge is 0.257 e. The van der Waals surface area contributed by atoms with E-state index < -0.39 is 0 Å². The first-order valence-corrected chi connectivity index (χ1v) is 9.61. The van der Waals surface area contributed by atoms with Crippen LogP contribution in [0.5, 0.6) is 0 Å². The summed E-state index contributed by atoms with van der Waals surface area (Å²) in [4.78, 5) is 13.9. The van der Waals surface area contributed by atoms with Gasteiger partial charge in [0, 0.05) is 44.0 Å². The van der Waals surface area contributed by atoms with Crippen molar-refractivity contribution in [3.8, 4) is 11.4 Å². The molecule has 0 spiro atoms. The maximum absolute atomic E-state index is 5.83. The molecule has 4 heterocycles. The minimum atomic E-state index is -0.159. The van der Waals surface area contributed by atoms with Gasteiger partial charge in [0.05, 0.1) is 6.61 Å². The summed E-state index contributed by atoms with van der Waals surface area (Å²) in [6.07, 6.45) is 5.48. The van der Waals surface area contributed by atoms with Crippen LogP contribution in [-0.4, -0.2) is 58.9 Å². The van der Waals surface area contributed by atoms with Crippen LogP contribution < -0.4 is 4.90 Å². The first kappa shape index (κ1) is 17.4. The normalized spacial score (nSPS) is 22.1. The molecule has 0 amide bonds. The molecule has 2 aliphatic rings. The topological polar surface area (TPSA) is 67.5 Å². The lowest BCUT2D eigenvalue weighted by molar-refractivity contribution is -0.0539. The van der Waals surface area contributed by atoms with E-state index in [4.69, 9.17) is 9.26 Å². The molecule has 0 radical (unpaired) electrons. The second-order valence-electron chi connectivity index (χ2n) is 7.36. The van der Waals surface area contributed by atoms with Gasteiger partial charge in [0.15, 0.2) is 0 Å². The lowest BCUT2D eigenvalue weighted by Gasteiger charge is -2.33. The molecule has 0 saturated carbocycles. The molecule has 2 aromatic rings. The number of ether oxygens (including phenoxy) is 1. The Morgan fingerprint density at radius 1 is 1.12 bits per heavy atom. The summed E-state index contributed by atoms with van der Waals surface area (Å²) >= 11 is 0. The summed E-state index contributed by atoms with van der Waals surface area (Å²) in [6, 6.07) is 4.55.